The number of amides is 1. The van der Waals surface area contributed by atoms with E-state index in [1.165, 1.54) is 24.6 Å². The lowest BCUT2D eigenvalue weighted by Gasteiger charge is -2.21. The highest BCUT2D eigenvalue weighted by atomic mass is 19.4. The van der Waals surface area contributed by atoms with Crippen molar-refractivity contribution in [1.29, 1.82) is 0 Å². The predicted octanol–water partition coefficient (Wildman–Crippen LogP) is 3.37. The third kappa shape index (κ3) is 4.53. The van der Waals surface area contributed by atoms with E-state index >= 15 is 0 Å². The second-order valence-electron chi connectivity index (χ2n) is 7.79. The first-order valence-electron chi connectivity index (χ1n) is 9.74. The number of carbonyl (C=O) groups is 1. The standard InChI is InChI=1S/C21H23F3N4O/c22-21(23,24)16-9-18(11-26-10-16)28-8-7-17(12-28)27-20(29)19(25)15-5-3-14(4-6-15)13-1-2-13/h3-6,9-11,13,17,19H,1-2,7-8,12,25H2,(H,27,29)/t17-,19+/m1/s1. The monoisotopic (exact) mass is 404 g/mol. The summed E-state index contributed by atoms with van der Waals surface area (Å²) in [4.78, 5) is 18.0. The first-order valence-corrected chi connectivity index (χ1v) is 9.74. The van der Waals surface area contributed by atoms with Crippen molar-refractivity contribution in [2.75, 3.05) is 18.0 Å². The van der Waals surface area contributed by atoms with Crippen molar-refractivity contribution in [2.45, 2.75) is 43.4 Å². The van der Waals surface area contributed by atoms with E-state index in [1.807, 2.05) is 24.3 Å². The molecule has 2 fully saturated rings. The fraction of sp³-hybridized carbons (Fsp3) is 0.429. The van der Waals surface area contributed by atoms with Crippen LogP contribution in [0.3, 0.4) is 0 Å². The Hall–Kier alpha value is -2.61. The van der Waals surface area contributed by atoms with Crippen molar-refractivity contribution in [3.8, 4) is 0 Å². The maximum Gasteiger partial charge on any atom is 0.417 e. The third-order valence-corrected chi connectivity index (χ3v) is 5.58. The van der Waals surface area contributed by atoms with Crippen LogP contribution in [0.15, 0.2) is 42.7 Å². The fourth-order valence-electron chi connectivity index (χ4n) is 3.70. The Balaban J connectivity index is 1.35. The van der Waals surface area contributed by atoms with Gasteiger partial charge in [0, 0.05) is 25.3 Å². The average Bonchev–Trinajstić information content (AvgIpc) is 3.46. The molecule has 1 amide bonds. The van der Waals surface area contributed by atoms with Crippen LogP contribution in [0.4, 0.5) is 18.9 Å². The summed E-state index contributed by atoms with van der Waals surface area (Å²) in [6, 6.07) is 7.99. The quantitative estimate of drug-likeness (QED) is 0.802. The van der Waals surface area contributed by atoms with Gasteiger partial charge in [-0.25, -0.2) is 0 Å². The van der Waals surface area contributed by atoms with Crippen LogP contribution in [0.25, 0.3) is 0 Å². The molecule has 0 spiro atoms. The molecule has 1 saturated heterocycles. The van der Waals surface area contributed by atoms with Crippen LogP contribution in [0.1, 0.15) is 47.9 Å². The number of rotatable bonds is 5. The lowest BCUT2D eigenvalue weighted by atomic mass is 10.0. The molecule has 154 valence electrons. The third-order valence-electron chi connectivity index (χ3n) is 5.58. The highest BCUT2D eigenvalue weighted by Gasteiger charge is 2.33. The largest absolute Gasteiger partial charge is 0.417 e. The number of nitrogens with one attached hydrogen (secondary N) is 1. The molecular weight excluding hydrogens is 381 g/mol. The van der Waals surface area contributed by atoms with Crippen molar-refractivity contribution in [1.82, 2.24) is 10.3 Å². The van der Waals surface area contributed by atoms with Gasteiger partial charge in [0.25, 0.3) is 0 Å². The molecule has 1 aromatic carbocycles. The molecule has 8 heteroatoms. The zero-order valence-corrected chi connectivity index (χ0v) is 15.8. The Morgan fingerprint density at radius 2 is 1.90 bits per heavy atom. The summed E-state index contributed by atoms with van der Waals surface area (Å²) in [7, 11) is 0. The number of hydrogen-bond acceptors (Lipinski definition) is 4. The van der Waals surface area contributed by atoms with Gasteiger partial charge < -0.3 is 16.0 Å². The minimum absolute atomic E-state index is 0.172. The molecule has 3 N–H and O–H groups in total. The Morgan fingerprint density at radius 3 is 2.55 bits per heavy atom. The first-order chi connectivity index (χ1) is 13.8. The van der Waals surface area contributed by atoms with Gasteiger partial charge >= 0.3 is 6.18 Å². The number of nitrogens with zero attached hydrogens (tertiary/aromatic N) is 2. The van der Waals surface area contributed by atoms with Crippen molar-refractivity contribution in [3.05, 3.63) is 59.4 Å². The summed E-state index contributed by atoms with van der Waals surface area (Å²) in [6.45, 7) is 0.960. The number of carbonyl (C=O) groups excluding carboxylic acids is 1. The van der Waals surface area contributed by atoms with Crippen molar-refractivity contribution in [3.63, 3.8) is 0 Å². The molecule has 2 aliphatic rings. The van der Waals surface area contributed by atoms with Gasteiger partial charge in [-0.05, 0) is 42.4 Å². The SMILES string of the molecule is N[C@H](C(=O)N[C@@H]1CCN(c2cncc(C(F)(F)F)c2)C1)c1ccc(C2CC2)cc1. The number of hydrogen-bond donors (Lipinski definition) is 2. The van der Waals surface area contributed by atoms with Gasteiger partial charge in [0.1, 0.15) is 6.04 Å². The number of pyridine rings is 1. The normalized spacial score (nSPS) is 20.6. The molecule has 0 radical (unpaired) electrons. The summed E-state index contributed by atoms with van der Waals surface area (Å²) >= 11 is 0. The van der Waals surface area contributed by atoms with E-state index in [-0.39, 0.29) is 11.9 Å². The van der Waals surface area contributed by atoms with Gasteiger partial charge in [-0.3, -0.25) is 9.78 Å². The van der Waals surface area contributed by atoms with Crippen LogP contribution >= 0.6 is 0 Å². The molecule has 1 saturated carbocycles. The smallest absolute Gasteiger partial charge is 0.368 e. The number of anilines is 1. The minimum atomic E-state index is -4.43. The molecular formula is C21H23F3N4O. The molecule has 1 aliphatic carbocycles. The van der Waals surface area contributed by atoms with Crippen LogP contribution < -0.4 is 16.0 Å². The van der Waals surface area contributed by atoms with Crippen molar-refractivity contribution < 1.29 is 18.0 Å². The zero-order chi connectivity index (χ0) is 20.6. The lowest BCUT2D eigenvalue weighted by Crippen LogP contribution is -2.42. The molecule has 4 rings (SSSR count). The highest BCUT2D eigenvalue weighted by molar-refractivity contribution is 5.83. The van der Waals surface area contributed by atoms with Gasteiger partial charge in [-0.15, -0.1) is 0 Å². The molecule has 1 aliphatic heterocycles. The summed E-state index contributed by atoms with van der Waals surface area (Å²) < 4.78 is 38.7. The zero-order valence-electron chi connectivity index (χ0n) is 15.8. The molecule has 1 aromatic heterocycles. The molecule has 2 aromatic rings. The lowest BCUT2D eigenvalue weighted by molar-refractivity contribution is -0.137. The minimum Gasteiger partial charge on any atom is -0.368 e. The number of alkyl halides is 3. The van der Waals surface area contributed by atoms with Gasteiger partial charge in [0.15, 0.2) is 0 Å². The van der Waals surface area contributed by atoms with Gasteiger partial charge in [0.2, 0.25) is 5.91 Å². The Labute approximate surface area is 167 Å². The maximum atomic E-state index is 12.9. The van der Waals surface area contributed by atoms with E-state index < -0.39 is 17.8 Å². The Kier molecular flexibility index (Phi) is 5.21. The fourth-order valence-corrected chi connectivity index (χ4v) is 3.70. The van der Waals surface area contributed by atoms with E-state index in [1.54, 1.807) is 4.90 Å². The van der Waals surface area contributed by atoms with Crippen LogP contribution in [-0.4, -0.2) is 30.0 Å². The van der Waals surface area contributed by atoms with Gasteiger partial charge in [-0.2, -0.15) is 13.2 Å². The van der Waals surface area contributed by atoms with Crippen molar-refractivity contribution in [2.24, 2.45) is 5.73 Å². The number of benzene rings is 1. The van der Waals surface area contributed by atoms with E-state index in [4.69, 9.17) is 5.73 Å². The molecule has 0 unspecified atom stereocenters. The number of nitrogens with two attached hydrogens (primary N) is 1. The van der Waals surface area contributed by atoms with Crippen LogP contribution in [-0.2, 0) is 11.0 Å². The summed E-state index contributed by atoms with van der Waals surface area (Å²) in [5.74, 6) is 0.363. The average molecular weight is 404 g/mol. The number of halogens is 3. The maximum absolute atomic E-state index is 12.9. The molecule has 29 heavy (non-hydrogen) atoms. The van der Waals surface area contributed by atoms with E-state index in [9.17, 15) is 18.0 Å². The Morgan fingerprint density at radius 1 is 1.17 bits per heavy atom. The summed E-state index contributed by atoms with van der Waals surface area (Å²) in [5.41, 5.74) is 7.77. The summed E-state index contributed by atoms with van der Waals surface area (Å²) in [6.07, 6.45) is 0.851. The molecule has 5 nitrogen and oxygen atoms in total. The summed E-state index contributed by atoms with van der Waals surface area (Å²) in [5, 5.41) is 2.92. The molecule has 2 heterocycles. The second-order valence-corrected chi connectivity index (χ2v) is 7.79. The number of aromatic nitrogens is 1. The first kappa shape index (κ1) is 19.7. The van der Waals surface area contributed by atoms with E-state index in [0.29, 0.717) is 31.1 Å². The predicted molar refractivity (Wildman–Crippen MR) is 103 cm³/mol. The van der Waals surface area contributed by atoms with E-state index in [0.717, 1.165) is 17.8 Å². The highest BCUT2D eigenvalue weighted by Crippen LogP contribution is 2.40. The van der Waals surface area contributed by atoms with E-state index in [2.05, 4.69) is 10.3 Å². The molecule has 0 bridgehead atoms. The van der Waals surface area contributed by atoms with Crippen LogP contribution in [0, 0.1) is 0 Å². The van der Waals surface area contributed by atoms with Gasteiger partial charge in [0.05, 0.1) is 17.4 Å². The van der Waals surface area contributed by atoms with Gasteiger partial charge in [-0.1, -0.05) is 24.3 Å². The topological polar surface area (TPSA) is 71.2 Å². The Bertz CT molecular complexity index is 880. The molecule has 2 atom stereocenters. The van der Waals surface area contributed by atoms with Crippen LogP contribution in [0.5, 0.6) is 0 Å². The van der Waals surface area contributed by atoms with Crippen LogP contribution in [0.2, 0.25) is 0 Å². The van der Waals surface area contributed by atoms with Crippen molar-refractivity contribution >= 4 is 11.6 Å². The second kappa shape index (κ2) is 7.67.